The van der Waals surface area contributed by atoms with Crippen LogP contribution in [0.4, 0.5) is 10.5 Å². The summed E-state index contributed by atoms with van der Waals surface area (Å²) in [5, 5.41) is 5.76. The van der Waals surface area contributed by atoms with Crippen molar-refractivity contribution >= 4 is 23.5 Å². The highest BCUT2D eigenvalue weighted by Crippen LogP contribution is 2.29. The van der Waals surface area contributed by atoms with Gasteiger partial charge in [-0.1, -0.05) is 29.8 Å². The van der Waals surface area contributed by atoms with Gasteiger partial charge in [0.15, 0.2) is 5.78 Å². The van der Waals surface area contributed by atoms with Crippen LogP contribution in [0.15, 0.2) is 59.8 Å². The van der Waals surface area contributed by atoms with E-state index in [9.17, 15) is 14.4 Å². The number of anilines is 1. The number of carbonyl (C=O) groups is 3. The summed E-state index contributed by atoms with van der Waals surface area (Å²) >= 11 is 0. The number of hydrogen-bond acceptors (Lipinski definition) is 6. The first-order valence-corrected chi connectivity index (χ1v) is 12.0. The maximum absolute atomic E-state index is 13.0. The third-order valence-corrected chi connectivity index (χ3v) is 6.45. The monoisotopic (exact) mass is 476 g/mol. The van der Waals surface area contributed by atoms with Crippen molar-refractivity contribution in [3.63, 3.8) is 0 Å². The highest BCUT2D eigenvalue weighted by Gasteiger charge is 2.34. The fourth-order valence-corrected chi connectivity index (χ4v) is 4.50. The minimum Gasteiger partial charge on any atom is -0.463 e. The van der Waals surface area contributed by atoms with E-state index in [1.807, 2.05) is 55.5 Å². The third-order valence-electron chi connectivity index (χ3n) is 6.45. The lowest BCUT2D eigenvalue weighted by Crippen LogP contribution is -2.51. The van der Waals surface area contributed by atoms with Crippen LogP contribution < -0.4 is 15.5 Å². The summed E-state index contributed by atoms with van der Waals surface area (Å²) in [6, 6.07) is 14.6. The Labute approximate surface area is 205 Å². The van der Waals surface area contributed by atoms with Gasteiger partial charge in [-0.2, -0.15) is 0 Å². The number of urea groups is 1. The van der Waals surface area contributed by atoms with Gasteiger partial charge < -0.3 is 20.3 Å². The normalized spacial score (nSPS) is 18.7. The van der Waals surface area contributed by atoms with Crippen molar-refractivity contribution in [2.75, 3.05) is 44.2 Å². The summed E-state index contributed by atoms with van der Waals surface area (Å²) in [6.07, 6.45) is 0. The van der Waals surface area contributed by atoms with Gasteiger partial charge in [-0.05, 0) is 50.6 Å². The summed E-state index contributed by atoms with van der Waals surface area (Å²) in [5.74, 6) is -0.371. The lowest BCUT2D eigenvalue weighted by Gasteiger charge is -2.38. The van der Waals surface area contributed by atoms with Gasteiger partial charge in [-0.25, -0.2) is 9.59 Å². The van der Waals surface area contributed by atoms with Crippen LogP contribution in [0.5, 0.6) is 0 Å². The molecule has 2 N–H and O–H groups in total. The molecule has 2 aromatic carbocycles. The number of ether oxygens (including phenoxy) is 1. The Morgan fingerprint density at radius 3 is 2.26 bits per heavy atom. The zero-order chi connectivity index (χ0) is 24.9. The van der Waals surface area contributed by atoms with E-state index in [1.165, 1.54) is 0 Å². The topological polar surface area (TPSA) is 91.0 Å². The van der Waals surface area contributed by atoms with Crippen LogP contribution in [-0.2, 0) is 9.53 Å². The molecule has 2 aromatic rings. The zero-order valence-electron chi connectivity index (χ0n) is 20.5. The van der Waals surface area contributed by atoms with Gasteiger partial charge in [0.2, 0.25) is 0 Å². The van der Waals surface area contributed by atoms with Gasteiger partial charge in [-0.15, -0.1) is 0 Å². The molecule has 0 radical (unpaired) electrons. The molecule has 0 spiro atoms. The van der Waals surface area contributed by atoms with Crippen molar-refractivity contribution in [1.29, 1.82) is 0 Å². The molecule has 1 atom stereocenters. The molecule has 0 aliphatic carbocycles. The van der Waals surface area contributed by atoms with E-state index in [0.717, 1.165) is 43.0 Å². The first-order chi connectivity index (χ1) is 16.9. The third kappa shape index (κ3) is 5.71. The van der Waals surface area contributed by atoms with E-state index < -0.39 is 12.0 Å². The quantitative estimate of drug-likeness (QED) is 0.471. The number of amides is 2. The van der Waals surface area contributed by atoms with Crippen molar-refractivity contribution in [2.45, 2.75) is 26.8 Å². The van der Waals surface area contributed by atoms with E-state index in [1.54, 1.807) is 13.8 Å². The number of hydrogen-bond donors (Lipinski definition) is 2. The fraction of sp³-hybridized carbons (Fsp3) is 0.370. The first kappa shape index (κ1) is 24.5. The van der Waals surface area contributed by atoms with Crippen LogP contribution in [-0.4, -0.2) is 62.0 Å². The van der Waals surface area contributed by atoms with Crippen molar-refractivity contribution in [1.82, 2.24) is 15.5 Å². The summed E-state index contributed by atoms with van der Waals surface area (Å²) in [5.41, 5.74) is 4.75. The standard InChI is InChI=1S/C27H32N4O4/c1-4-35-26(33)24-23(28-27(34)29-25(24)21-7-5-18(2)6-8-21)17-30-13-15-31(16-14-30)22-11-9-20(10-12-22)19(3)32/h5-12,25H,4,13-17H2,1-3H3,(H2,28,29,34). The maximum atomic E-state index is 13.0. The molecule has 0 bridgehead atoms. The predicted octanol–water partition coefficient (Wildman–Crippen LogP) is 3.19. The van der Waals surface area contributed by atoms with Crippen molar-refractivity contribution in [3.8, 4) is 0 Å². The second-order valence-electron chi connectivity index (χ2n) is 8.92. The van der Waals surface area contributed by atoms with Crippen molar-refractivity contribution in [2.24, 2.45) is 0 Å². The second kappa shape index (κ2) is 10.7. The SMILES string of the molecule is CCOC(=O)C1=C(CN2CCN(c3ccc(C(C)=O)cc3)CC2)NC(=O)NC1c1ccc(C)cc1. The van der Waals surface area contributed by atoms with Crippen molar-refractivity contribution < 1.29 is 19.1 Å². The Bertz CT molecular complexity index is 1120. The number of rotatable bonds is 7. The Balaban J connectivity index is 1.51. The average Bonchev–Trinajstić information content (AvgIpc) is 2.85. The Morgan fingerprint density at radius 2 is 1.66 bits per heavy atom. The molecule has 1 saturated heterocycles. The molecule has 1 fully saturated rings. The highest BCUT2D eigenvalue weighted by atomic mass is 16.5. The van der Waals surface area contributed by atoms with Crippen LogP contribution in [0, 0.1) is 6.92 Å². The summed E-state index contributed by atoms with van der Waals surface area (Å²) in [7, 11) is 0. The lowest BCUT2D eigenvalue weighted by molar-refractivity contribution is -0.139. The van der Waals surface area contributed by atoms with Crippen LogP contribution in [0.25, 0.3) is 0 Å². The van der Waals surface area contributed by atoms with Gasteiger partial charge in [0.1, 0.15) is 0 Å². The second-order valence-corrected chi connectivity index (χ2v) is 8.92. The zero-order valence-corrected chi connectivity index (χ0v) is 20.5. The van der Waals surface area contributed by atoms with E-state index in [0.29, 0.717) is 23.4 Å². The molecule has 1 unspecified atom stereocenters. The first-order valence-electron chi connectivity index (χ1n) is 12.0. The Kier molecular flexibility index (Phi) is 7.51. The molecular weight excluding hydrogens is 444 g/mol. The predicted molar refractivity (Wildman–Crippen MR) is 134 cm³/mol. The number of ketones is 1. The minimum absolute atomic E-state index is 0.0556. The molecule has 8 nitrogen and oxygen atoms in total. The molecule has 184 valence electrons. The van der Waals surface area contributed by atoms with Crippen LogP contribution in [0.2, 0.25) is 0 Å². The van der Waals surface area contributed by atoms with Gasteiger partial charge >= 0.3 is 12.0 Å². The number of aryl methyl sites for hydroxylation is 1. The molecular formula is C27H32N4O4. The number of carbonyl (C=O) groups excluding carboxylic acids is 3. The molecule has 2 aliphatic rings. The minimum atomic E-state index is -0.570. The Morgan fingerprint density at radius 1 is 1.00 bits per heavy atom. The number of Topliss-reactive ketones (excluding diaryl/α,β-unsaturated/α-hetero) is 1. The summed E-state index contributed by atoms with van der Waals surface area (Å²) < 4.78 is 5.37. The van der Waals surface area contributed by atoms with E-state index in [-0.39, 0.29) is 18.4 Å². The largest absolute Gasteiger partial charge is 0.463 e. The van der Waals surface area contributed by atoms with Crippen LogP contribution in [0.1, 0.15) is 41.4 Å². The molecule has 4 rings (SSSR count). The van der Waals surface area contributed by atoms with Crippen molar-refractivity contribution in [3.05, 3.63) is 76.5 Å². The smallest absolute Gasteiger partial charge is 0.338 e. The van der Waals surface area contributed by atoms with E-state index in [4.69, 9.17) is 4.74 Å². The van der Waals surface area contributed by atoms with E-state index >= 15 is 0 Å². The van der Waals surface area contributed by atoms with Gasteiger partial charge in [-0.3, -0.25) is 9.69 Å². The summed E-state index contributed by atoms with van der Waals surface area (Å²) in [6.45, 7) is 9.18. The van der Waals surface area contributed by atoms with Crippen LogP contribution >= 0.6 is 0 Å². The number of nitrogens with one attached hydrogen (secondary N) is 2. The molecule has 0 aromatic heterocycles. The fourth-order valence-electron chi connectivity index (χ4n) is 4.50. The van der Waals surface area contributed by atoms with Gasteiger partial charge in [0, 0.05) is 49.7 Å². The molecule has 2 aliphatic heterocycles. The number of nitrogens with zero attached hydrogens (tertiary/aromatic N) is 2. The summed E-state index contributed by atoms with van der Waals surface area (Å²) in [4.78, 5) is 41.6. The number of benzene rings is 2. The molecule has 35 heavy (non-hydrogen) atoms. The maximum Gasteiger partial charge on any atom is 0.338 e. The van der Waals surface area contributed by atoms with Gasteiger partial charge in [0.25, 0.3) is 0 Å². The average molecular weight is 477 g/mol. The molecule has 2 heterocycles. The van der Waals surface area contributed by atoms with Crippen LogP contribution in [0.3, 0.4) is 0 Å². The molecule has 0 saturated carbocycles. The number of esters is 1. The lowest BCUT2D eigenvalue weighted by atomic mass is 9.94. The Hall–Kier alpha value is -3.65. The molecule has 8 heteroatoms. The van der Waals surface area contributed by atoms with E-state index in [2.05, 4.69) is 20.4 Å². The van der Waals surface area contributed by atoms with Gasteiger partial charge in [0.05, 0.1) is 18.2 Å². The highest BCUT2D eigenvalue weighted by molar-refractivity contribution is 5.95. The molecule has 2 amide bonds. The number of piperazine rings is 1.